The molecule has 41 heavy (non-hydrogen) atoms. The number of amides is 2. The lowest BCUT2D eigenvalue weighted by molar-refractivity contribution is -0.130. The molecule has 2 aromatic carbocycles. The molecule has 10 heteroatoms. The van der Waals surface area contributed by atoms with E-state index in [9.17, 15) is 19.2 Å². The van der Waals surface area contributed by atoms with Crippen LogP contribution in [0.2, 0.25) is 0 Å². The number of nitrogens with one attached hydrogen (secondary N) is 1. The van der Waals surface area contributed by atoms with Crippen LogP contribution in [0, 0.1) is 0 Å². The fraction of sp³-hybridized carbons (Fsp3) is 0.419. The number of aromatic nitrogens is 2. The Labute approximate surface area is 239 Å². The zero-order valence-corrected chi connectivity index (χ0v) is 23.7. The first-order chi connectivity index (χ1) is 19.8. The number of Topliss-reactive ketones (excluding diaryl/α,β-unsaturated/α-hetero) is 1. The van der Waals surface area contributed by atoms with Crippen LogP contribution >= 0.6 is 0 Å². The molecule has 3 heterocycles. The summed E-state index contributed by atoms with van der Waals surface area (Å²) in [5, 5.41) is 3.29. The summed E-state index contributed by atoms with van der Waals surface area (Å²) in [5.41, 5.74) is 2.19. The van der Waals surface area contributed by atoms with Gasteiger partial charge in [0.1, 0.15) is 18.1 Å². The molecule has 0 aliphatic carbocycles. The second-order valence-electron chi connectivity index (χ2n) is 10.7. The van der Waals surface area contributed by atoms with Crippen molar-refractivity contribution < 1.29 is 19.1 Å². The number of carbonyl (C=O) groups is 3. The normalized spacial score (nSPS) is 17.4. The number of imidazole rings is 1. The van der Waals surface area contributed by atoms with Crippen LogP contribution in [-0.4, -0.2) is 82.4 Å². The Hall–Kier alpha value is -4.18. The fourth-order valence-electron chi connectivity index (χ4n) is 5.71. The minimum absolute atomic E-state index is 0.0251. The standard InChI is InChI=1S/C31H37N5O5/c1-22(37)21-41-27-12-6-8-24(18-27)19-35-29(30(39)33-16-13-32-14-17-33)28(25-9-4-3-5-10-25)36(31(35)40)26-11-7-15-34(20-26)23(2)38/h3-6,8-10,12,18,26,32H,7,11,13-17,19-21H2,1-2H3. The topological polar surface area (TPSA) is 106 Å². The summed E-state index contributed by atoms with van der Waals surface area (Å²) in [5.74, 6) is 0.215. The Balaban J connectivity index is 1.67. The van der Waals surface area contributed by atoms with Gasteiger partial charge in [0.05, 0.1) is 18.3 Å². The van der Waals surface area contributed by atoms with Crippen LogP contribution in [0.5, 0.6) is 5.75 Å². The molecule has 0 radical (unpaired) electrons. The second-order valence-corrected chi connectivity index (χ2v) is 10.7. The number of hydrogen-bond donors (Lipinski definition) is 1. The molecule has 3 aromatic rings. The largest absolute Gasteiger partial charge is 0.486 e. The van der Waals surface area contributed by atoms with Gasteiger partial charge in [-0.05, 0) is 37.5 Å². The number of ketones is 1. The van der Waals surface area contributed by atoms with Crippen LogP contribution in [0.25, 0.3) is 11.3 Å². The number of ether oxygens (including phenoxy) is 1. The third-order valence-electron chi connectivity index (χ3n) is 7.71. The fourth-order valence-corrected chi connectivity index (χ4v) is 5.71. The first-order valence-corrected chi connectivity index (χ1v) is 14.2. The Kier molecular flexibility index (Phi) is 8.68. The number of rotatable bonds is 8. The van der Waals surface area contributed by atoms with Crippen molar-refractivity contribution in [3.63, 3.8) is 0 Å². The summed E-state index contributed by atoms with van der Waals surface area (Å²) < 4.78 is 8.93. The van der Waals surface area contributed by atoms with Crippen LogP contribution < -0.4 is 15.7 Å². The molecule has 1 N–H and O–H groups in total. The van der Waals surface area contributed by atoms with E-state index in [0.29, 0.717) is 56.4 Å². The molecular weight excluding hydrogens is 522 g/mol. The maximum absolute atomic E-state index is 14.4. The first kappa shape index (κ1) is 28.4. The molecule has 2 fully saturated rings. The van der Waals surface area contributed by atoms with Gasteiger partial charge < -0.3 is 19.9 Å². The molecule has 10 nitrogen and oxygen atoms in total. The molecule has 1 aromatic heterocycles. The van der Waals surface area contributed by atoms with Gasteiger partial charge in [-0.15, -0.1) is 0 Å². The summed E-state index contributed by atoms with van der Waals surface area (Å²) in [7, 11) is 0. The lowest BCUT2D eigenvalue weighted by Crippen LogP contribution is -2.47. The minimum atomic E-state index is -0.284. The van der Waals surface area contributed by atoms with Crippen LogP contribution in [0.1, 0.15) is 48.8 Å². The van der Waals surface area contributed by atoms with Gasteiger partial charge in [0.2, 0.25) is 5.91 Å². The van der Waals surface area contributed by atoms with E-state index >= 15 is 0 Å². The zero-order chi connectivity index (χ0) is 28.9. The highest BCUT2D eigenvalue weighted by atomic mass is 16.5. The molecular formula is C31H37N5O5. The van der Waals surface area contributed by atoms with Crippen LogP contribution in [0.4, 0.5) is 0 Å². The highest BCUT2D eigenvalue weighted by Crippen LogP contribution is 2.31. The van der Waals surface area contributed by atoms with E-state index in [1.807, 2.05) is 42.5 Å². The molecule has 2 aliphatic rings. The van der Waals surface area contributed by atoms with Gasteiger partial charge in [0.25, 0.3) is 5.91 Å². The molecule has 2 saturated heterocycles. The van der Waals surface area contributed by atoms with E-state index in [0.717, 1.165) is 24.0 Å². The van der Waals surface area contributed by atoms with Gasteiger partial charge in [-0.3, -0.25) is 23.5 Å². The van der Waals surface area contributed by atoms with E-state index in [-0.39, 0.29) is 42.5 Å². The molecule has 1 unspecified atom stereocenters. The van der Waals surface area contributed by atoms with E-state index in [1.165, 1.54) is 6.92 Å². The molecule has 0 spiro atoms. The minimum Gasteiger partial charge on any atom is -0.486 e. The van der Waals surface area contributed by atoms with Gasteiger partial charge in [-0.2, -0.15) is 0 Å². The third-order valence-corrected chi connectivity index (χ3v) is 7.71. The molecule has 216 valence electrons. The lowest BCUT2D eigenvalue weighted by Gasteiger charge is -2.33. The number of hydrogen-bond acceptors (Lipinski definition) is 6. The average Bonchev–Trinajstić information content (AvgIpc) is 3.28. The Morgan fingerprint density at radius 3 is 2.41 bits per heavy atom. The van der Waals surface area contributed by atoms with Gasteiger partial charge in [0.15, 0.2) is 5.78 Å². The summed E-state index contributed by atoms with van der Waals surface area (Å²) in [4.78, 5) is 56.0. The van der Waals surface area contributed by atoms with Gasteiger partial charge in [-0.25, -0.2) is 4.79 Å². The highest BCUT2D eigenvalue weighted by Gasteiger charge is 2.34. The number of piperazine rings is 1. The van der Waals surface area contributed by atoms with E-state index in [2.05, 4.69) is 5.32 Å². The van der Waals surface area contributed by atoms with Gasteiger partial charge in [0, 0.05) is 51.8 Å². The Morgan fingerprint density at radius 1 is 0.951 bits per heavy atom. The average molecular weight is 560 g/mol. The molecule has 0 saturated carbocycles. The summed E-state index contributed by atoms with van der Waals surface area (Å²) >= 11 is 0. The van der Waals surface area contributed by atoms with Gasteiger partial charge >= 0.3 is 5.69 Å². The summed E-state index contributed by atoms with van der Waals surface area (Å²) in [6.45, 7) is 6.64. The summed E-state index contributed by atoms with van der Waals surface area (Å²) in [6.07, 6.45) is 1.50. The quantitative estimate of drug-likeness (QED) is 0.455. The predicted molar refractivity (Wildman–Crippen MR) is 155 cm³/mol. The SMILES string of the molecule is CC(=O)COc1cccc(Cn2c(C(=O)N3CCNCC3)c(-c3ccccc3)n(C3CCCN(C(C)=O)C3)c2=O)c1. The van der Waals surface area contributed by atoms with Crippen molar-refractivity contribution in [1.29, 1.82) is 0 Å². The first-order valence-electron chi connectivity index (χ1n) is 14.2. The lowest BCUT2D eigenvalue weighted by atomic mass is 10.0. The monoisotopic (exact) mass is 559 g/mol. The van der Waals surface area contributed by atoms with Crippen molar-refractivity contribution in [3.05, 3.63) is 76.3 Å². The summed E-state index contributed by atoms with van der Waals surface area (Å²) in [6, 6.07) is 16.5. The van der Waals surface area contributed by atoms with E-state index in [4.69, 9.17) is 4.74 Å². The van der Waals surface area contributed by atoms with Crippen molar-refractivity contribution in [2.24, 2.45) is 0 Å². The number of carbonyl (C=O) groups excluding carboxylic acids is 3. The molecule has 2 aliphatic heterocycles. The number of likely N-dealkylation sites (tertiary alicyclic amines) is 1. The Morgan fingerprint density at radius 2 is 1.71 bits per heavy atom. The number of piperidine rings is 1. The number of benzene rings is 2. The Bertz CT molecular complexity index is 1470. The van der Waals surface area contributed by atoms with E-state index in [1.54, 1.807) is 38.0 Å². The van der Waals surface area contributed by atoms with Crippen molar-refractivity contribution in [1.82, 2.24) is 24.3 Å². The number of nitrogens with zero attached hydrogens (tertiary/aromatic N) is 4. The zero-order valence-electron chi connectivity index (χ0n) is 23.7. The van der Waals surface area contributed by atoms with Crippen LogP contribution in [0.15, 0.2) is 59.4 Å². The van der Waals surface area contributed by atoms with Gasteiger partial charge in [-0.1, -0.05) is 42.5 Å². The van der Waals surface area contributed by atoms with Crippen LogP contribution in [-0.2, 0) is 16.1 Å². The maximum Gasteiger partial charge on any atom is 0.329 e. The van der Waals surface area contributed by atoms with Crippen LogP contribution in [0.3, 0.4) is 0 Å². The van der Waals surface area contributed by atoms with Crippen molar-refractivity contribution in [3.8, 4) is 17.0 Å². The molecule has 2 amide bonds. The van der Waals surface area contributed by atoms with Crippen molar-refractivity contribution >= 4 is 17.6 Å². The maximum atomic E-state index is 14.4. The molecule has 0 bridgehead atoms. The highest BCUT2D eigenvalue weighted by molar-refractivity contribution is 5.99. The predicted octanol–water partition coefficient (Wildman–Crippen LogP) is 2.56. The van der Waals surface area contributed by atoms with Crippen molar-refractivity contribution in [2.45, 2.75) is 39.3 Å². The second kappa shape index (κ2) is 12.6. The molecule has 5 rings (SSSR count). The van der Waals surface area contributed by atoms with E-state index < -0.39 is 0 Å². The third kappa shape index (κ3) is 6.27. The van der Waals surface area contributed by atoms with Crippen molar-refractivity contribution in [2.75, 3.05) is 45.9 Å². The smallest absolute Gasteiger partial charge is 0.329 e. The molecule has 1 atom stereocenters.